The highest BCUT2D eigenvalue weighted by molar-refractivity contribution is 6.31. The lowest BCUT2D eigenvalue weighted by Crippen LogP contribution is -2.16. The van der Waals surface area contributed by atoms with Crippen LogP contribution in [0.4, 0.5) is 10.5 Å². The zero-order chi connectivity index (χ0) is 20.4. The molecule has 0 saturated heterocycles. The summed E-state index contributed by atoms with van der Waals surface area (Å²) in [6.45, 7) is 0. The highest BCUT2D eigenvalue weighted by atomic mass is 35.5. The SMILES string of the molecule is COc1ccc(NC(=O)Oc2ccc(-n3nc4ccc(Cl)cc4n3)c(O)c2)cc1. The van der Waals surface area contributed by atoms with E-state index in [1.165, 1.54) is 16.9 Å². The molecule has 0 atom stereocenters. The smallest absolute Gasteiger partial charge is 0.417 e. The Morgan fingerprint density at radius 1 is 1.00 bits per heavy atom. The average molecular weight is 411 g/mol. The number of amides is 1. The Balaban J connectivity index is 1.49. The Labute approximate surface area is 170 Å². The van der Waals surface area contributed by atoms with Crippen LogP contribution < -0.4 is 14.8 Å². The monoisotopic (exact) mass is 410 g/mol. The number of hydrogen-bond donors (Lipinski definition) is 2. The van der Waals surface area contributed by atoms with Crippen molar-refractivity contribution in [2.45, 2.75) is 0 Å². The van der Waals surface area contributed by atoms with Crippen molar-refractivity contribution in [3.63, 3.8) is 0 Å². The van der Waals surface area contributed by atoms with Crippen LogP contribution in [-0.4, -0.2) is 33.3 Å². The minimum atomic E-state index is -0.695. The summed E-state index contributed by atoms with van der Waals surface area (Å²) in [6, 6.07) is 16.3. The van der Waals surface area contributed by atoms with Gasteiger partial charge < -0.3 is 14.6 Å². The molecule has 0 fully saturated rings. The molecule has 0 aliphatic carbocycles. The maximum atomic E-state index is 12.1. The highest BCUT2D eigenvalue weighted by Gasteiger charge is 2.12. The first-order valence-corrected chi connectivity index (χ1v) is 8.88. The van der Waals surface area contributed by atoms with Gasteiger partial charge in [0.15, 0.2) is 0 Å². The lowest BCUT2D eigenvalue weighted by molar-refractivity contribution is 0.215. The molecule has 8 nitrogen and oxygen atoms in total. The number of nitrogens with one attached hydrogen (secondary N) is 1. The van der Waals surface area contributed by atoms with E-state index in [2.05, 4.69) is 15.5 Å². The number of rotatable bonds is 4. The van der Waals surface area contributed by atoms with Crippen molar-refractivity contribution in [3.8, 4) is 22.9 Å². The van der Waals surface area contributed by atoms with E-state index in [1.54, 1.807) is 55.6 Å². The number of halogens is 1. The molecule has 4 aromatic rings. The van der Waals surface area contributed by atoms with Gasteiger partial charge in [0, 0.05) is 16.8 Å². The molecule has 0 aliphatic rings. The molecule has 2 N–H and O–H groups in total. The van der Waals surface area contributed by atoms with Gasteiger partial charge in [0.2, 0.25) is 0 Å². The normalized spacial score (nSPS) is 10.7. The van der Waals surface area contributed by atoms with Crippen molar-refractivity contribution in [1.82, 2.24) is 15.0 Å². The number of aromatic hydroxyl groups is 1. The Hall–Kier alpha value is -3.78. The topological polar surface area (TPSA) is 98.5 Å². The molecular formula is C20H15ClN4O4. The number of hydrogen-bond acceptors (Lipinski definition) is 6. The molecule has 1 heterocycles. The van der Waals surface area contributed by atoms with Gasteiger partial charge in [-0.25, -0.2) is 4.79 Å². The summed E-state index contributed by atoms with van der Waals surface area (Å²) in [4.78, 5) is 13.4. The number of aromatic nitrogens is 3. The second-order valence-corrected chi connectivity index (χ2v) is 6.45. The fraction of sp³-hybridized carbons (Fsp3) is 0.0500. The third-order valence-electron chi connectivity index (χ3n) is 4.05. The van der Waals surface area contributed by atoms with E-state index in [0.29, 0.717) is 33.2 Å². The van der Waals surface area contributed by atoms with Gasteiger partial charge in [-0.2, -0.15) is 0 Å². The molecule has 1 aromatic heterocycles. The predicted octanol–water partition coefficient (Wildman–Crippen LogP) is 4.40. The maximum Gasteiger partial charge on any atom is 0.417 e. The lowest BCUT2D eigenvalue weighted by Gasteiger charge is -2.09. The zero-order valence-electron chi connectivity index (χ0n) is 15.2. The van der Waals surface area contributed by atoms with Crippen LogP contribution in [0, 0.1) is 0 Å². The fourth-order valence-corrected chi connectivity index (χ4v) is 2.82. The summed E-state index contributed by atoms with van der Waals surface area (Å²) in [7, 11) is 1.56. The highest BCUT2D eigenvalue weighted by Crippen LogP contribution is 2.27. The van der Waals surface area contributed by atoms with Crippen LogP contribution >= 0.6 is 11.6 Å². The standard InChI is InChI=1S/C20H15ClN4O4/c1-28-14-5-3-13(4-6-14)22-20(27)29-15-7-9-18(19(26)11-15)25-23-16-8-2-12(21)10-17(16)24-25/h2-11,26H,1H3,(H,22,27). The number of anilines is 1. The van der Waals surface area contributed by atoms with Crippen molar-refractivity contribution < 1.29 is 19.4 Å². The Morgan fingerprint density at radius 3 is 2.45 bits per heavy atom. The van der Waals surface area contributed by atoms with E-state index in [9.17, 15) is 9.90 Å². The van der Waals surface area contributed by atoms with Crippen LogP contribution in [0.1, 0.15) is 0 Å². The van der Waals surface area contributed by atoms with E-state index in [-0.39, 0.29) is 11.5 Å². The molecular weight excluding hydrogens is 396 g/mol. The van der Waals surface area contributed by atoms with Crippen molar-refractivity contribution in [2.24, 2.45) is 0 Å². The largest absolute Gasteiger partial charge is 0.505 e. The number of phenolic OH excluding ortho intramolecular Hbond substituents is 1. The molecule has 0 radical (unpaired) electrons. The molecule has 0 unspecified atom stereocenters. The van der Waals surface area contributed by atoms with Crippen LogP contribution in [0.15, 0.2) is 60.7 Å². The first-order valence-electron chi connectivity index (χ1n) is 8.51. The maximum absolute atomic E-state index is 12.1. The molecule has 9 heteroatoms. The summed E-state index contributed by atoms with van der Waals surface area (Å²) in [6.07, 6.45) is -0.695. The van der Waals surface area contributed by atoms with Crippen LogP contribution in [-0.2, 0) is 0 Å². The number of fused-ring (bicyclic) bond motifs is 1. The minimum Gasteiger partial charge on any atom is -0.505 e. The molecule has 0 spiro atoms. The number of phenols is 1. The summed E-state index contributed by atoms with van der Waals surface area (Å²) in [5, 5.41) is 22.1. The Kier molecular flexibility index (Phi) is 4.92. The van der Waals surface area contributed by atoms with Gasteiger partial charge in [-0.3, -0.25) is 5.32 Å². The molecule has 146 valence electrons. The number of carbonyl (C=O) groups is 1. The van der Waals surface area contributed by atoms with Crippen LogP contribution in [0.3, 0.4) is 0 Å². The summed E-state index contributed by atoms with van der Waals surface area (Å²) < 4.78 is 10.3. The van der Waals surface area contributed by atoms with Gasteiger partial charge >= 0.3 is 6.09 Å². The number of benzene rings is 3. The van der Waals surface area contributed by atoms with Gasteiger partial charge in [0.05, 0.1) is 7.11 Å². The summed E-state index contributed by atoms with van der Waals surface area (Å²) in [5.41, 5.74) is 2.10. The number of ether oxygens (including phenoxy) is 2. The van der Waals surface area contributed by atoms with Gasteiger partial charge in [-0.15, -0.1) is 15.0 Å². The van der Waals surface area contributed by atoms with Crippen molar-refractivity contribution in [2.75, 3.05) is 12.4 Å². The van der Waals surface area contributed by atoms with Crippen molar-refractivity contribution >= 4 is 34.4 Å². The molecule has 4 rings (SSSR count). The van der Waals surface area contributed by atoms with Crippen LogP contribution in [0.5, 0.6) is 17.2 Å². The van der Waals surface area contributed by atoms with E-state index in [1.807, 2.05) is 0 Å². The van der Waals surface area contributed by atoms with Crippen molar-refractivity contribution in [1.29, 1.82) is 0 Å². The van der Waals surface area contributed by atoms with Crippen LogP contribution in [0.2, 0.25) is 5.02 Å². The molecule has 0 aliphatic heterocycles. The Bertz CT molecular complexity index is 1190. The quantitative estimate of drug-likeness (QED) is 0.517. The van der Waals surface area contributed by atoms with Gasteiger partial charge in [0.25, 0.3) is 0 Å². The third-order valence-corrected chi connectivity index (χ3v) is 4.29. The zero-order valence-corrected chi connectivity index (χ0v) is 15.9. The third kappa shape index (κ3) is 4.07. The predicted molar refractivity (Wildman–Crippen MR) is 108 cm³/mol. The first kappa shape index (κ1) is 18.6. The second kappa shape index (κ2) is 7.69. The lowest BCUT2D eigenvalue weighted by atomic mass is 10.3. The average Bonchev–Trinajstić information content (AvgIpc) is 3.11. The molecule has 0 saturated carbocycles. The number of carbonyl (C=O) groups excluding carboxylic acids is 1. The molecule has 3 aromatic carbocycles. The molecule has 29 heavy (non-hydrogen) atoms. The van der Waals surface area contributed by atoms with Gasteiger partial charge in [-0.05, 0) is 54.6 Å². The first-order chi connectivity index (χ1) is 14.0. The number of methoxy groups -OCH3 is 1. The minimum absolute atomic E-state index is 0.147. The van der Waals surface area contributed by atoms with E-state index >= 15 is 0 Å². The van der Waals surface area contributed by atoms with Gasteiger partial charge in [0.1, 0.15) is 34.0 Å². The fourth-order valence-electron chi connectivity index (χ4n) is 2.66. The van der Waals surface area contributed by atoms with E-state index in [0.717, 1.165) is 0 Å². The van der Waals surface area contributed by atoms with Crippen LogP contribution in [0.25, 0.3) is 16.7 Å². The second-order valence-electron chi connectivity index (χ2n) is 6.02. The van der Waals surface area contributed by atoms with Gasteiger partial charge in [-0.1, -0.05) is 11.6 Å². The van der Waals surface area contributed by atoms with Crippen molar-refractivity contribution in [3.05, 3.63) is 65.7 Å². The summed E-state index contributed by atoms with van der Waals surface area (Å²) >= 11 is 5.96. The molecule has 0 bridgehead atoms. The number of nitrogens with zero attached hydrogens (tertiary/aromatic N) is 3. The van der Waals surface area contributed by atoms with E-state index < -0.39 is 6.09 Å². The molecule has 1 amide bonds. The van der Waals surface area contributed by atoms with E-state index in [4.69, 9.17) is 21.1 Å². The summed E-state index contributed by atoms with van der Waals surface area (Å²) in [5.74, 6) is 0.690. The Morgan fingerprint density at radius 2 is 1.72 bits per heavy atom.